The van der Waals surface area contributed by atoms with E-state index in [4.69, 9.17) is 9.15 Å². The minimum Gasteiger partial charge on any atom is -0.447 e. The van der Waals surface area contributed by atoms with Crippen molar-refractivity contribution in [2.75, 3.05) is 26.3 Å². The molecular weight excluding hydrogens is 280 g/mol. The minimum atomic E-state index is -3.56. The summed E-state index contributed by atoms with van der Waals surface area (Å²) in [5, 5.41) is 3.20. The lowest BCUT2D eigenvalue weighted by molar-refractivity contribution is 0.0386. The number of hydrogen-bond donors (Lipinski definition) is 1. The largest absolute Gasteiger partial charge is 0.447 e. The van der Waals surface area contributed by atoms with E-state index in [2.05, 4.69) is 12.2 Å². The highest BCUT2D eigenvalue weighted by atomic mass is 32.2. The summed E-state index contributed by atoms with van der Waals surface area (Å²) in [6.45, 7) is 6.55. The third-order valence-corrected chi connectivity index (χ3v) is 5.12. The Bertz CT molecular complexity index is 526. The maximum atomic E-state index is 12.5. The van der Waals surface area contributed by atoms with Gasteiger partial charge in [0, 0.05) is 12.6 Å². The fourth-order valence-corrected chi connectivity index (χ4v) is 3.70. The highest BCUT2D eigenvalue weighted by Gasteiger charge is 2.33. The van der Waals surface area contributed by atoms with Crippen molar-refractivity contribution in [3.63, 3.8) is 0 Å². The van der Waals surface area contributed by atoms with Gasteiger partial charge in [-0.25, -0.2) is 8.42 Å². The highest BCUT2D eigenvalue weighted by molar-refractivity contribution is 7.89. The van der Waals surface area contributed by atoms with Crippen LogP contribution in [0.3, 0.4) is 0 Å². The van der Waals surface area contributed by atoms with Gasteiger partial charge in [0.1, 0.15) is 5.76 Å². The molecule has 1 unspecified atom stereocenters. The van der Waals surface area contributed by atoms with Crippen LogP contribution in [0.5, 0.6) is 0 Å². The summed E-state index contributed by atoms with van der Waals surface area (Å²) in [6, 6.07) is 3.07. The van der Waals surface area contributed by atoms with Crippen molar-refractivity contribution in [2.24, 2.45) is 0 Å². The summed E-state index contributed by atoms with van der Waals surface area (Å²) in [4.78, 5) is 0. The number of rotatable bonds is 6. The zero-order chi connectivity index (χ0) is 14.6. The second-order valence-corrected chi connectivity index (χ2v) is 6.76. The van der Waals surface area contributed by atoms with Crippen LogP contribution in [0, 0.1) is 0 Å². The number of nitrogens with zero attached hydrogens (tertiary/aromatic N) is 1. The molecule has 0 bridgehead atoms. The van der Waals surface area contributed by atoms with E-state index in [-0.39, 0.29) is 11.1 Å². The molecule has 0 amide bonds. The molecule has 1 aliphatic rings. The minimum absolute atomic E-state index is 0.0135. The number of furan rings is 1. The van der Waals surface area contributed by atoms with Gasteiger partial charge in [0.15, 0.2) is 0 Å². The van der Waals surface area contributed by atoms with E-state index in [1.807, 2.05) is 6.92 Å². The SMILES string of the molecule is CCCNCc1ccc(S(=O)(=O)N2CCOCC2C)o1. The Balaban J connectivity index is 2.09. The van der Waals surface area contributed by atoms with Gasteiger partial charge in [-0.05, 0) is 32.0 Å². The monoisotopic (exact) mass is 302 g/mol. The van der Waals surface area contributed by atoms with Gasteiger partial charge in [0.2, 0.25) is 5.09 Å². The molecule has 1 N–H and O–H groups in total. The van der Waals surface area contributed by atoms with Crippen molar-refractivity contribution >= 4 is 10.0 Å². The molecule has 1 saturated heterocycles. The Kier molecular flexibility index (Phi) is 5.20. The van der Waals surface area contributed by atoms with Gasteiger partial charge in [-0.3, -0.25) is 0 Å². The first kappa shape index (κ1) is 15.5. The topological polar surface area (TPSA) is 71.8 Å². The van der Waals surface area contributed by atoms with Crippen molar-refractivity contribution in [3.8, 4) is 0 Å². The molecule has 2 heterocycles. The first-order valence-corrected chi connectivity index (χ1v) is 8.38. The van der Waals surface area contributed by atoms with Crippen LogP contribution >= 0.6 is 0 Å². The quantitative estimate of drug-likeness (QED) is 0.799. The maximum absolute atomic E-state index is 12.5. The molecule has 0 spiro atoms. The summed E-state index contributed by atoms with van der Waals surface area (Å²) in [7, 11) is -3.56. The normalized spacial score (nSPS) is 21.2. The van der Waals surface area contributed by atoms with Crippen molar-refractivity contribution < 1.29 is 17.6 Å². The van der Waals surface area contributed by atoms with Crippen LogP contribution in [0.1, 0.15) is 26.0 Å². The maximum Gasteiger partial charge on any atom is 0.276 e. The standard InChI is InChI=1S/C13H22N2O4S/c1-3-6-14-9-12-4-5-13(19-12)20(16,17)15-7-8-18-10-11(15)2/h4-5,11,14H,3,6-10H2,1-2H3. The van der Waals surface area contributed by atoms with Crippen LogP contribution in [0.15, 0.2) is 21.6 Å². The number of nitrogens with one attached hydrogen (secondary N) is 1. The zero-order valence-electron chi connectivity index (χ0n) is 12.0. The number of hydrogen-bond acceptors (Lipinski definition) is 5. The second-order valence-electron chi connectivity index (χ2n) is 4.94. The Morgan fingerprint density at radius 2 is 2.25 bits per heavy atom. The molecule has 0 radical (unpaired) electrons. The number of ether oxygens (including phenoxy) is 1. The van der Waals surface area contributed by atoms with Gasteiger partial charge < -0.3 is 14.5 Å². The Morgan fingerprint density at radius 1 is 1.45 bits per heavy atom. The second kappa shape index (κ2) is 6.71. The average Bonchev–Trinajstić information content (AvgIpc) is 2.89. The lowest BCUT2D eigenvalue weighted by atomic mass is 10.3. The molecule has 1 aliphatic heterocycles. The smallest absolute Gasteiger partial charge is 0.276 e. The van der Waals surface area contributed by atoms with E-state index < -0.39 is 10.0 Å². The van der Waals surface area contributed by atoms with E-state index in [0.29, 0.717) is 32.1 Å². The van der Waals surface area contributed by atoms with Crippen LogP contribution < -0.4 is 5.32 Å². The van der Waals surface area contributed by atoms with Crippen LogP contribution in [0.25, 0.3) is 0 Å². The summed E-state index contributed by atoms with van der Waals surface area (Å²) < 4.78 is 37.2. The zero-order valence-corrected chi connectivity index (χ0v) is 12.8. The van der Waals surface area contributed by atoms with E-state index in [0.717, 1.165) is 13.0 Å². The van der Waals surface area contributed by atoms with E-state index in [9.17, 15) is 8.42 Å². The molecule has 2 rings (SSSR count). The molecule has 7 heteroatoms. The average molecular weight is 302 g/mol. The van der Waals surface area contributed by atoms with Crippen LogP contribution in [0.4, 0.5) is 0 Å². The van der Waals surface area contributed by atoms with Crippen molar-refractivity contribution in [2.45, 2.75) is 37.9 Å². The van der Waals surface area contributed by atoms with E-state index in [1.165, 1.54) is 10.4 Å². The molecule has 1 fully saturated rings. The first-order valence-electron chi connectivity index (χ1n) is 6.94. The Morgan fingerprint density at radius 3 is 2.95 bits per heavy atom. The lowest BCUT2D eigenvalue weighted by Crippen LogP contribution is -2.46. The molecule has 0 aliphatic carbocycles. The summed E-state index contributed by atoms with van der Waals surface area (Å²) >= 11 is 0. The Hall–Kier alpha value is -0.890. The van der Waals surface area contributed by atoms with Crippen molar-refractivity contribution in [3.05, 3.63) is 17.9 Å². The number of morpholine rings is 1. The highest BCUT2D eigenvalue weighted by Crippen LogP contribution is 2.22. The molecule has 0 aromatic carbocycles. The first-order chi connectivity index (χ1) is 9.55. The molecule has 6 nitrogen and oxygen atoms in total. The van der Waals surface area contributed by atoms with Gasteiger partial charge in [0.05, 0.1) is 19.8 Å². The lowest BCUT2D eigenvalue weighted by Gasteiger charge is -2.31. The van der Waals surface area contributed by atoms with Gasteiger partial charge in [-0.1, -0.05) is 6.92 Å². The fourth-order valence-electron chi connectivity index (χ4n) is 2.16. The molecular formula is C13H22N2O4S. The molecule has 1 atom stereocenters. The van der Waals surface area contributed by atoms with Gasteiger partial charge in [-0.2, -0.15) is 4.31 Å². The summed E-state index contributed by atoms with van der Waals surface area (Å²) in [6.07, 6.45) is 1.02. The molecule has 0 saturated carbocycles. The van der Waals surface area contributed by atoms with Gasteiger partial charge in [-0.15, -0.1) is 0 Å². The van der Waals surface area contributed by atoms with Crippen LogP contribution in [-0.4, -0.2) is 45.1 Å². The van der Waals surface area contributed by atoms with Gasteiger partial charge >= 0.3 is 0 Å². The molecule has 20 heavy (non-hydrogen) atoms. The fraction of sp³-hybridized carbons (Fsp3) is 0.692. The molecule has 114 valence electrons. The third-order valence-electron chi connectivity index (χ3n) is 3.23. The van der Waals surface area contributed by atoms with Crippen LogP contribution in [-0.2, 0) is 21.3 Å². The van der Waals surface area contributed by atoms with Crippen LogP contribution in [0.2, 0.25) is 0 Å². The summed E-state index contributed by atoms with van der Waals surface area (Å²) in [5.41, 5.74) is 0. The number of sulfonamides is 1. The summed E-state index contributed by atoms with van der Waals surface area (Å²) in [5.74, 6) is 0.637. The van der Waals surface area contributed by atoms with E-state index in [1.54, 1.807) is 6.07 Å². The van der Waals surface area contributed by atoms with Crippen molar-refractivity contribution in [1.29, 1.82) is 0 Å². The third kappa shape index (κ3) is 3.41. The molecule has 1 aromatic heterocycles. The predicted octanol–water partition coefficient (Wildman–Crippen LogP) is 1.19. The molecule has 1 aromatic rings. The Labute approximate surface area is 120 Å². The van der Waals surface area contributed by atoms with Crippen molar-refractivity contribution in [1.82, 2.24) is 9.62 Å². The van der Waals surface area contributed by atoms with E-state index >= 15 is 0 Å². The van der Waals surface area contributed by atoms with Gasteiger partial charge in [0.25, 0.3) is 10.0 Å². The predicted molar refractivity (Wildman–Crippen MR) is 74.9 cm³/mol.